The van der Waals surface area contributed by atoms with Crippen LogP contribution in [0.5, 0.6) is 0 Å². The Hall–Kier alpha value is -2.32. The number of amides is 1. The van der Waals surface area contributed by atoms with E-state index in [4.69, 9.17) is 27.9 Å². The number of anilines is 3. The maximum atomic E-state index is 11.7. The molecule has 0 saturated heterocycles. The molecule has 0 bridgehead atoms. The van der Waals surface area contributed by atoms with E-state index < -0.39 is 6.09 Å². The summed E-state index contributed by atoms with van der Waals surface area (Å²) in [5.74, 6) is 0.826. The molecule has 0 unspecified atom stereocenters. The number of ether oxygens (including phenoxy) is 1. The summed E-state index contributed by atoms with van der Waals surface area (Å²) in [7, 11) is 0. The number of hydrogen-bond acceptors (Lipinski definition) is 7. The zero-order chi connectivity index (χ0) is 18.9. The molecule has 0 spiro atoms. The van der Waals surface area contributed by atoms with Crippen LogP contribution in [0.15, 0.2) is 24.3 Å². The molecule has 140 valence electrons. The van der Waals surface area contributed by atoms with Crippen molar-refractivity contribution in [2.75, 3.05) is 41.8 Å². The van der Waals surface area contributed by atoms with Gasteiger partial charge in [0.1, 0.15) is 6.61 Å². The zero-order valence-corrected chi connectivity index (χ0v) is 16.0. The van der Waals surface area contributed by atoms with Crippen molar-refractivity contribution in [2.24, 2.45) is 0 Å². The molecule has 0 saturated carbocycles. The van der Waals surface area contributed by atoms with Crippen molar-refractivity contribution in [1.29, 1.82) is 0 Å². The van der Waals surface area contributed by atoms with Crippen molar-refractivity contribution >= 4 is 46.9 Å². The van der Waals surface area contributed by atoms with Gasteiger partial charge in [-0.25, -0.2) is 4.79 Å². The number of carbonyl (C=O) groups is 1. The minimum atomic E-state index is -0.563. The Morgan fingerprint density at radius 1 is 1.12 bits per heavy atom. The molecule has 26 heavy (non-hydrogen) atoms. The summed E-state index contributed by atoms with van der Waals surface area (Å²) < 4.78 is 5.09. The van der Waals surface area contributed by atoms with Gasteiger partial charge in [-0.15, -0.1) is 0 Å². The van der Waals surface area contributed by atoms with E-state index >= 15 is 0 Å². The van der Waals surface area contributed by atoms with E-state index in [0.29, 0.717) is 29.2 Å². The lowest BCUT2D eigenvalue weighted by molar-refractivity contribution is 0.166. The van der Waals surface area contributed by atoms with E-state index in [2.05, 4.69) is 25.6 Å². The molecular weight excluding hydrogens is 379 g/mol. The van der Waals surface area contributed by atoms with Crippen LogP contribution in [-0.4, -0.2) is 47.3 Å². The molecule has 0 aliphatic carbocycles. The summed E-state index contributed by atoms with van der Waals surface area (Å²) in [6.07, 6.45) is -0.563. The van der Waals surface area contributed by atoms with Gasteiger partial charge in [0.05, 0.1) is 6.54 Å². The van der Waals surface area contributed by atoms with Gasteiger partial charge in [0.25, 0.3) is 0 Å². The van der Waals surface area contributed by atoms with Crippen LogP contribution >= 0.6 is 23.2 Å². The van der Waals surface area contributed by atoms with Gasteiger partial charge in [-0.05, 0) is 49.7 Å². The number of carbonyl (C=O) groups excluding carboxylic acids is 1. The van der Waals surface area contributed by atoms with Gasteiger partial charge in [-0.1, -0.05) is 11.6 Å². The van der Waals surface area contributed by atoms with Crippen LogP contribution in [0.2, 0.25) is 10.3 Å². The standard InChI is InChI=1S/C16H20Cl2N6O2/c1-3-24(4-2)15-22-13(18)21-14(23-15)19-9-10-26-16(25)20-12-7-5-11(17)6-8-12/h5-8H,3-4,9-10H2,1-2H3,(H,20,25)(H,19,21,22,23). The van der Waals surface area contributed by atoms with Crippen LogP contribution in [0.4, 0.5) is 22.4 Å². The predicted molar refractivity (Wildman–Crippen MR) is 103 cm³/mol. The number of aromatic nitrogens is 3. The lowest BCUT2D eigenvalue weighted by Crippen LogP contribution is -2.25. The first kappa shape index (κ1) is 20.0. The third kappa shape index (κ3) is 6.20. The second-order valence-corrected chi connectivity index (χ2v) is 5.87. The molecule has 0 radical (unpaired) electrons. The molecular formula is C16H20Cl2N6O2. The molecule has 2 rings (SSSR count). The first-order valence-electron chi connectivity index (χ1n) is 8.11. The number of benzene rings is 1. The Morgan fingerprint density at radius 3 is 2.46 bits per heavy atom. The van der Waals surface area contributed by atoms with Gasteiger partial charge in [-0.3, -0.25) is 5.32 Å². The van der Waals surface area contributed by atoms with Crippen molar-refractivity contribution in [2.45, 2.75) is 13.8 Å². The van der Waals surface area contributed by atoms with E-state index in [-0.39, 0.29) is 11.9 Å². The van der Waals surface area contributed by atoms with Crippen LogP contribution in [-0.2, 0) is 4.74 Å². The number of nitrogens with zero attached hydrogens (tertiary/aromatic N) is 4. The highest BCUT2D eigenvalue weighted by Crippen LogP contribution is 2.14. The normalized spacial score (nSPS) is 10.3. The quantitative estimate of drug-likeness (QED) is 0.654. The van der Waals surface area contributed by atoms with Crippen LogP contribution in [0.25, 0.3) is 0 Å². The Morgan fingerprint density at radius 2 is 1.81 bits per heavy atom. The van der Waals surface area contributed by atoms with Crippen molar-refractivity contribution in [3.05, 3.63) is 34.6 Å². The number of hydrogen-bond donors (Lipinski definition) is 2. The molecule has 1 aromatic carbocycles. The summed E-state index contributed by atoms with van der Waals surface area (Å²) in [4.78, 5) is 26.1. The minimum Gasteiger partial charge on any atom is -0.447 e. The Balaban J connectivity index is 1.80. The minimum absolute atomic E-state index is 0.103. The van der Waals surface area contributed by atoms with E-state index in [9.17, 15) is 4.79 Å². The van der Waals surface area contributed by atoms with Gasteiger partial charge in [0, 0.05) is 23.8 Å². The second kappa shape index (κ2) is 9.98. The predicted octanol–water partition coefficient (Wildman–Crippen LogP) is 3.69. The largest absolute Gasteiger partial charge is 0.447 e. The van der Waals surface area contributed by atoms with Crippen molar-refractivity contribution in [3.8, 4) is 0 Å². The molecule has 0 fully saturated rings. The Kier molecular flexibility index (Phi) is 7.68. The summed E-state index contributed by atoms with van der Waals surface area (Å²) in [6, 6.07) is 6.72. The fraction of sp³-hybridized carbons (Fsp3) is 0.375. The maximum absolute atomic E-state index is 11.7. The Bertz CT molecular complexity index is 725. The Labute approximate surface area is 161 Å². The average Bonchev–Trinajstić information content (AvgIpc) is 2.61. The van der Waals surface area contributed by atoms with Crippen LogP contribution in [0.3, 0.4) is 0 Å². The molecule has 10 heteroatoms. The highest BCUT2D eigenvalue weighted by molar-refractivity contribution is 6.30. The maximum Gasteiger partial charge on any atom is 0.411 e. The van der Waals surface area contributed by atoms with Crippen molar-refractivity contribution in [3.63, 3.8) is 0 Å². The van der Waals surface area contributed by atoms with E-state index in [1.54, 1.807) is 24.3 Å². The monoisotopic (exact) mass is 398 g/mol. The summed E-state index contributed by atoms with van der Waals surface area (Å²) in [5.41, 5.74) is 0.598. The van der Waals surface area contributed by atoms with Crippen molar-refractivity contribution in [1.82, 2.24) is 15.0 Å². The van der Waals surface area contributed by atoms with Gasteiger partial charge in [0.15, 0.2) is 0 Å². The summed E-state index contributed by atoms with van der Waals surface area (Å²) in [6.45, 7) is 5.97. The summed E-state index contributed by atoms with van der Waals surface area (Å²) >= 11 is 11.7. The van der Waals surface area contributed by atoms with Gasteiger partial charge >= 0.3 is 6.09 Å². The summed E-state index contributed by atoms with van der Waals surface area (Å²) in [5, 5.41) is 6.25. The highest BCUT2D eigenvalue weighted by Gasteiger charge is 2.10. The fourth-order valence-corrected chi connectivity index (χ4v) is 2.34. The molecule has 2 aromatic rings. The highest BCUT2D eigenvalue weighted by atomic mass is 35.5. The first-order chi connectivity index (χ1) is 12.5. The SMILES string of the molecule is CCN(CC)c1nc(Cl)nc(NCCOC(=O)Nc2ccc(Cl)cc2)n1. The number of halogens is 2. The number of nitrogens with one attached hydrogen (secondary N) is 2. The molecule has 1 heterocycles. The second-order valence-electron chi connectivity index (χ2n) is 5.09. The number of rotatable bonds is 8. The molecule has 0 aliphatic heterocycles. The zero-order valence-electron chi connectivity index (χ0n) is 14.5. The van der Waals surface area contributed by atoms with Crippen molar-refractivity contribution < 1.29 is 9.53 Å². The van der Waals surface area contributed by atoms with Gasteiger partial charge in [0.2, 0.25) is 17.2 Å². The lowest BCUT2D eigenvalue weighted by Gasteiger charge is -2.18. The molecule has 2 N–H and O–H groups in total. The van der Waals surface area contributed by atoms with E-state index in [1.807, 2.05) is 18.7 Å². The lowest BCUT2D eigenvalue weighted by atomic mass is 10.3. The van der Waals surface area contributed by atoms with E-state index in [1.165, 1.54) is 0 Å². The van der Waals surface area contributed by atoms with Crippen LogP contribution in [0, 0.1) is 0 Å². The molecule has 8 nitrogen and oxygen atoms in total. The van der Waals surface area contributed by atoms with Gasteiger partial charge in [-0.2, -0.15) is 15.0 Å². The smallest absolute Gasteiger partial charge is 0.411 e. The molecule has 1 aromatic heterocycles. The molecule has 1 amide bonds. The molecule has 0 aliphatic rings. The fourth-order valence-electron chi connectivity index (χ4n) is 2.06. The van der Waals surface area contributed by atoms with Crippen LogP contribution < -0.4 is 15.5 Å². The van der Waals surface area contributed by atoms with E-state index in [0.717, 1.165) is 13.1 Å². The molecule has 0 atom stereocenters. The topological polar surface area (TPSA) is 92.3 Å². The third-order valence-corrected chi connectivity index (χ3v) is 3.77. The third-order valence-electron chi connectivity index (χ3n) is 3.35. The first-order valence-corrected chi connectivity index (χ1v) is 8.87. The van der Waals surface area contributed by atoms with Crippen LogP contribution in [0.1, 0.15) is 13.8 Å². The average molecular weight is 399 g/mol. The van der Waals surface area contributed by atoms with Gasteiger partial charge < -0.3 is 15.0 Å².